The van der Waals surface area contributed by atoms with E-state index in [1.54, 1.807) is 35.3 Å². The smallest absolute Gasteiger partial charge is 0.328 e. The van der Waals surface area contributed by atoms with Gasteiger partial charge in [0.25, 0.3) is 5.56 Å². The normalized spacial score (nSPS) is 14.2. The van der Waals surface area contributed by atoms with Gasteiger partial charge < -0.3 is 9.47 Å². The first-order chi connectivity index (χ1) is 13.0. The Morgan fingerprint density at radius 2 is 2.00 bits per heavy atom. The van der Waals surface area contributed by atoms with Crippen molar-refractivity contribution in [3.8, 4) is 0 Å². The minimum absolute atomic E-state index is 0.273. The third-order valence-corrected chi connectivity index (χ3v) is 5.88. The van der Waals surface area contributed by atoms with Gasteiger partial charge in [0, 0.05) is 25.5 Å². The van der Waals surface area contributed by atoms with Gasteiger partial charge in [0.2, 0.25) is 5.91 Å². The number of imidazole rings is 1. The topological polar surface area (TPSA) is 82.1 Å². The van der Waals surface area contributed by atoms with Crippen LogP contribution in [0.15, 0.2) is 45.1 Å². The van der Waals surface area contributed by atoms with Gasteiger partial charge in [-0.1, -0.05) is 12.1 Å². The Kier molecular flexibility index (Phi) is 4.39. The number of carbonyl (C=O) groups is 1. The fourth-order valence-corrected chi connectivity index (χ4v) is 4.34. The number of hydrogen-bond donors (Lipinski definition) is 0. The summed E-state index contributed by atoms with van der Waals surface area (Å²) in [5, 5.41) is 0. The molecule has 0 unspecified atom stereocenters. The van der Waals surface area contributed by atoms with Crippen molar-refractivity contribution in [1.82, 2.24) is 18.7 Å². The Labute approximate surface area is 159 Å². The molecule has 140 valence electrons. The number of para-hydroxylation sites is 1. The molecule has 0 saturated carbocycles. The molecule has 27 heavy (non-hydrogen) atoms. The molecule has 9 heteroatoms. The average molecular weight is 385 g/mol. The molecule has 3 heterocycles. The number of amides is 1. The van der Waals surface area contributed by atoms with E-state index in [4.69, 9.17) is 0 Å². The fourth-order valence-electron chi connectivity index (χ4n) is 3.34. The van der Waals surface area contributed by atoms with Crippen molar-refractivity contribution in [2.24, 2.45) is 14.1 Å². The average Bonchev–Trinajstić information content (AvgIpc) is 2.92. The zero-order chi connectivity index (χ0) is 19.1. The van der Waals surface area contributed by atoms with E-state index in [1.807, 2.05) is 24.3 Å². The van der Waals surface area contributed by atoms with Crippen molar-refractivity contribution in [3.05, 3.63) is 51.4 Å². The highest BCUT2D eigenvalue weighted by Crippen LogP contribution is 2.33. The van der Waals surface area contributed by atoms with Gasteiger partial charge in [0.1, 0.15) is 6.54 Å². The first-order valence-electron chi connectivity index (χ1n) is 8.62. The molecule has 2 aromatic heterocycles. The number of benzene rings is 1. The van der Waals surface area contributed by atoms with Crippen LogP contribution in [0, 0.1) is 0 Å². The van der Waals surface area contributed by atoms with Crippen molar-refractivity contribution in [3.63, 3.8) is 0 Å². The molecule has 0 fully saturated rings. The van der Waals surface area contributed by atoms with Gasteiger partial charge in [-0.05, 0) is 24.3 Å². The lowest BCUT2D eigenvalue weighted by atomic mass is 10.2. The minimum Gasteiger partial charge on any atom is -0.328 e. The van der Waals surface area contributed by atoms with E-state index in [0.717, 1.165) is 27.3 Å². The zero-order valence-electron chi connectivity index (χ0n) is 15.1. The van der Waals surface area contributed by atoms with Gasteiger partial charge in [-0.2, -0.15) is 0 Å². The summed E-state index contributed by atoms with van der Waals surface area (Å²) in [7, 11) is 3.24. The van der Waals surface area contributed by atoms with E-state index in [1.165, 1.54) is 10.9 Å². The van der Waals surface area contributed by atoms with Gasteiger partial charge in [-0.3, -0.25) is 14.2 Å². The maximum absolute atomic E-state index is 13.0. The Bertz CT molecular complexity index is 1160. The second-order valence-corrected chi connectivity index (χ2v) is 7.61. The third kappa shape index (κ3) is 2.87. The number of thioether (sulfide) groups is 1. The number of carbonyl (C=O) groups excluding carboxylic acids is 1. The lowest BCUT2D eigenvalue weighted by Crippen LogP contribution is -2.45. The molecule has 1 aliphatic rings. The van der Waals surface area contributed by atoms with Crippen molar-refractivity contribution < 1.29 is 4.79 Å². The molecule has 1 aromatic carbocycles. The summed E-state index contributed by atoms with van der Waals surface area (Å²) in [5.74, 6) is 0.648. The number of hydrogen-bond acceptors (Lipinski definition) is 5. The van der Waals surface area contributed by atoms with Crippen LogP contribution in [0.1, 0.15) is 6.42 Å². The van der Waals surface area contributed by atoms with Crippen LogP contribution in [-0.2, 0) is 25.4 Å². The SMILES string of the molecule is Cn1cnc2c1c(=O)n(CC(=O)N1CCCSc3ccccc31)c(=O)n2C. The van der Waals surface area contributed by atoms with Gasteiger partial charge in [-0.25, -0.2) is 14.3 Å². The van der Waals surface area contributed by atoms with Crippen molar-refractivity contribution >= 4 is 34.5 Å². The van der Waals surface area contributed by atoms with Crippen LogP contribution in [0.4, 0.5) is 5.69 Å². The number of aromatic nitrogens is 4. The maximum atomic E-state index is 13.0. The van der Waals surface area contributed by atoms with E-state index in [2.05, 4.69) is 4.98 Å². The third-order valence-electron chi connectivity index (χ3n) is 4.74. The number of rotatable bonds is 2. The first-order valence-corrected chi connectivity index (χ1v) is 9.60. The second kappa shape index (κ2) is 6.73. The molecular weight excluding hydrogens is 366 g/mol. The largest absolute Gasteiger partial charge is 0.332 e. The summed E-state index contributed by atoms with van der Waals surface area (Å²) in [4.78, 5) is 45.3. The van der Waals surface area contributed by atoms with Crippen molar-refractivity contribution in [1.29, 1.82) is 0 Å². The van der Waals surface area contributed by atoms with Crippen molar-refractivity contribution in [2.75, 3.05) is 17.2 Å². The molecule has 0 aliphatic carbocycles. The summed E-state index contributed by atoms with van der Waals surface area (Å²) >= 11 is 1.71. The maximum Gasteiger partial charge on any atom is 0.332 e. The Morgan fingerprint density at radius 3 is 2.81 bits per heavy atom. The zero-order valence-corrected chi connectivity index (χ0v) is 15.9. The van der Waals surface area contributed by atoms with Crippen LogP contribution < -0.4 is 16.1 Å². The quantitative estimate of drug-likeness (QED) is 0.656. The molecule has 0 radical (unpaired) electrons. The molecule has 4 rings (SSSR count). The highest BCUT2D eigenvalue weighted by atomic mass is 32.2. The van der Waals surface area contributed by atoms with E-state index in [-0.39, 0.29) is 12.5 Å². The van der Waals surface area contributed by atoms with Gasteiger partial charge in [-0.15, -0.1) is 11.8 Å². The summed E-state index contributed by atoms with van der Waals surface area (Å²) < 4.78 is 3.86. The standard InChI is InChI=1S/C18H19N5O3S/c1-20-11-19-16-15(20)17(25)23(18(26)21(16)2)10-14(24)22-8-5-9-27-13-7-4-3-6-12(13)22/h3-4,6-7,11H,5,8-10H2,1-2H3. The molecule has 0 N–H and O–H groups in total. The van der Waals surface area contributed by atoms with Crippen LogP contribution in [0.3, 0.4) is 0 Å². The van der Waals surface area contributed by atoms with Gasteiger partial charge >= 0.3 is 5.69 Å². The molecule has 0 bridgehead atoms. The molecule has 0 saturated heterocycles. The van der Waals surface area contributed by atoms with Crippen molar-refractivity contribution in [2.45, 2.75) is 17.9 Å². The molecular formula is C18H19N5O3S. The summed E-state index contributed by atoms with van der Waals surface area (Å²) in [6.45, 7) is 0.261. The summed E-state index contributed by atoms with van der Waals surface area (Å²) in [5.41, 5.74) is 0.400. The van der Waals surface area contributed by atoms with Crippen LogP contribution >= 0.6 is 11.8 Å². The number of aryl methyl sites for hydroxylation is 2. The fraction of sp³-hybridized carbons (Fsp3) is 0.333. The highest BCUT2D eigenvalue weighted by molar-refractivity contribution is 7.99. The highest BCUT2D eigenvalue weighted by Gasteiger charge is 2.24. The van der Waals surface area contributed by atoms with E-state index in [0.29, 0.717) is 17.7 Å². The molecule has 0 atom stereocenters. The van der Waals surface area contributed by atoms with Crippen LogP contribution in [0.25, 0.3) is 11.2 Å². The van der Waals surface area contributed by atoms with E-state index < -0.39 is 11.2 Å². The molecule has 3 aromatic rings. The lowest BCUT2D eigenvalue weighted by Gasteiger charge is -2.22. The first kappa shape index (κ1) is 17.6. The number of nitrogens with zero attached hydrogens (tertiary/aromatic N) is 5. The van der Waals surface area contributed by atoms with E-state index >= 15 is 0 Å². The predicted octanol–water partition coefficient (Wildman–Crippen LogP) is 0.963. The Morgan fingerprint density at radius 1 is 1.22 bits per heavy atom. The summed E-state index contributed by atoms with van der Waals surface area (Å²) in [6, 6.07) is 7.71. The summed E-state index contributed by atoms with van der Waals surface area (Å²) in [6.07, 6.45) is 2.33. The predicted molar refractivity (Wildman–Crippen MR) is 104 cm³/mol. The molecule has 0 spiro atoms. The minimum atomic E-state index is -0.544. The van der Waals surface area contributed by atoms with Crippen LogP contribution in [-0.4, -0.2) is 36.9 Å². The van der Waals surface area contributed by atoms with Gasteiger partial charge in [0.05, 0.1) is 12.0 Å². The van der Waals surface area contributed by atoms with Gasteiger partial charge in [0.15, 0.2) is 11.2 Å². The molecule has 1 amide bonds. The van der Waals surface area contributed by atoms with Crippen LogP contribution in [0.5, 0.6) is 0 Å². The van der Waals surface area contributed by atoms with E-state index in [9.17, 15) is 14.4 Å². The number of fused-ring (bicyclic) bond motifs is 2. The lowest BCUT2D eigenvalue weighted by molar-refractivity contribution is -0.119. The van der Waals surface area contributed by atoms with Crippen LogP contribution in [0.2, 0.25) is 0 Å². The molecule has 8 nitrogen and oxygen atoms in total. The second-order valence-electron chi connectivity index (χ2n) is 6.48. The Hall–Kier alpha value is -2.81. The molecule has 1 aliphatic heterocycles. The Balaban J connectivity index is 1.77. The number of anilines is 1. The monoisotopic (exact) mass is 385 g/mol.